The quantitative estimate of drug-likeness (QED) is 0.849. The molecular weight excluding hydrogens is 236 g/mol. The number of nitrogens with zero attached hydrogens (tertiary/aromatic N) is 4. The fraction of sp³-hybridized carbons (Fsp3) is 0.818. The Kier molecular flexibility index (Phi) is 3.26. The lowest BCUT2D eigenvalue weighted by Gasteiger charge is -2.33. The van der Waals surface area contributed by atoms with E-state index < -0.39 is 0 Å². The molecule has 3 rings (SSSR count). The zero-order chi connectivity index (χ0) is 11.7. The first-order valence-electron chi connectivity index (χ1n) is 6.28. The number of piperazine rings is 1. The topological polar surface area (TPSA) is 52.5 Å². The second-order valence-electron chi connectivity index (χ2n) is 4.76. The largest absolute Gasteiger partial charge is 0.395 e. The molecule has 6 heteroatoms. The highest BCUT2D eigenvalue weighted by Crippen LogP contribution is 2.39. The molecule has 1 aromatic heterocycles. The molecule has 0 amide bonds. The van der Waals surface area contributed by atoms with Crippen molar-refractivity contribution in [2.45, 2.75) is 18.8 Å². The summed E-state index contributed by atoms with van der Waals surface area (Å²) in [6.45, 7) is 5.07. The van der Waals surface area contributed by atoms with Gasteiger partial charge in [0.15, 0.2) is 0 Å². The molecule has 0 spiro atoms. The molecule has 0 radical (unpaired) electrons. The van der Waals surface area contributed by atoms with Gasteiger partial charge >= 0.3 is 0 Å². The highest BCUT2D eigenvalue weighted by molar-refractivity contribution is 7.09. The van der Waals surface area contributed by atoms with Gasteiger partial charge in [-0.1, -0.05) is 0 Å². The van der Waals surface area contributed by atoms with Gasteiger partial charge < -0.3 is 10.0 Å². The first kappa shape index (κ1) is 11.4. The zero-order valence-corrected chi connectivity index (χ0v) is 10.7. The SMILES string of the molecule is OCCN1CCN(c2nc(C3CC3)ns2)CC1. The number of anilines is 1. The molecule has 1 aliphatic heterocycles. The van der Waals surface area contributed by atoms with Crippen LogP contribution in [0.3, 0.4) is 0 Å². The summed E-state index contributed by atoms with van der Waals surface area (Å²) in [5, 5.41) is 9.98. The van der Waals surface area contributed by atoms with Crippen LogP contribution in [-0.4, -0.2) is 58.7 Å². The number of hydrogen-bond donors (Lipinski definition) is 1. The van der Waals surface area contributed by atoms with Gasteiger partial charge in [-0.25, -0.2) is 4.98 Å². The molecule has 2 aliphatic rings. The Bertz CT molecular complexity index is 371. The molecule has 2 heterocycles. The second kappa shape index (κ2) is 4.88. The van der Waals surface area contributed by atoms with Crippen LogP contribution >= 0.6 is 11.5 Å². The van der Waals surface area contributed by atoms with Gasteiger partial charge in [0.2, 0.25) is 5.13 Å². The lowest BCUT2D eigenvalue weighted by molar-refractivity contribution is 0.189. The van der Waals surface area contributed by atoms with Crippen molar-refractivity contribution in [3.63, 3.8) is 0 Å². The van der Waals surface area contributed by atoms with Crippen LogP contribution in [0.2, 0.25) is 0 Å². The van der Waals surface area contributed by atoms with Crippen LogP contribution in [-0.2, 0) is 0 Å². The number of aromatic nitrogens is 2. The van der Waals surface area contributed by atoms with Crippen molar-refractivity contribution < 1.29 is 5.11 Å². The molecule has 0 bridgehead atoms. The Morgan fingerprint density at radius 1 is 1.24 bits per heavy atom. The molecule has 1 saturated carbocycles. The van der Waals surface area contributed by atoms with Gasteiger partial charge in [-0.3, -0.25) is 4.90 Å². The summed E-state index contributed by atoms with van der Waals surface area (Å²) >= 11 is 1.54. The van der Waals surface area contributed by atoms with Gasteiger partial charge in [0, 0.05) is 50.2 Å². The minimum Gasteiger partial charge on any atom is -0.395 e. The number of hydrogen-bond acceptors (Lipinski definition) is 6. The number of rotatable bonds is 4. The van der Waals surface area contributed by atoms with E-state index in [-0.39, 0.29) is 6.61 Å². The summed E-state index contributed by atoms with van der Waals surface area (Å²) in [7, 11) is 0. The van der Waals surface area contributed by atoms with E-state index in [1.807, 2.05) is 0 Å². The Morgan fingerprint density at radius 2 is 2.00 bits per heavy atom. The van der Waals surface area contributed by atoms with Gasteiger partial charge in [-0.05, 0) is 12.8 Å². The van der Waals surface area contributed by atoms with Crippen LogP contribution in [0.25, 0.3) is 0 Å². The lowest BCUT2D eigenvalue weighted by Crippen LogP contribution is -2.47. The van der Waals surface area contributed by atoms with E-state index in [9.17, 15) is 0 Å². The molecule has 0 unspecified atom stereocenters. The third-order valence-corrected chi connectivity index (χ3v) is 4.22. The third kappa shape index (κ3) is 2.59. The van der Waals surface area contributed by atoms with Crippen LogP contribution in [0.5, 0.6) is 0 Å². The highest BCUT2D eigenvalue weighted by Gasteiger charge is 2.29. The van der Waals surface area contributed by atoms with Crippen LogP contribution in [0.1, 0.15) is 24.6 Å². The molecule has 1 saturated heterocycles. The fourth-order valence-electron chi connectivity index (χ4n) is 2.17. The monoisotopic (exact) mass is 254 g/mol. The Labute approximate surface area is 105 Å². The summed E-state index contributed by atoms with van der Waals surface area (Å²) < 4.78 is 4.44. The van der Waals surface area contributed by atoms with E-state index in [4.69, 9.17) is 5.11 Å². The van der Waals surface area contributed by atoms with E-state index in [0.29, 0.717) is 5.92 Å². The molecule has 1 aromatic rings. The summed E-state index contributed by atoms with van der Waals surface area (Å²) in [5.41, 5.74) is 0. The molecule has 5 nitrogen and oxygen atoms in total. The predicted octanol–water partition coefficient (Wildman–Crippen LogP) is 0.530. The minimum absolute atomic E-state index is 0.255. The van der Waals surface area contributed by atoms with Crippen molar-refractivity contribution in [1.82, 2.24) is 14.3 Å². The Hall–Kier alpha value is -0.720. The average molecular weight is 254 g/mol. The van der Waals surface area contributed by atoms with E-state index in [1.54, 1.807) is 0 Å². The molecule has 1 N–H and O–H groups in total. The number of β-amino-alcohol motifs (C(OH)–C–C–N with tert-alkyl or cyclic N) is 1. The van der Waals surface area contributed by atoms with Crippen LogP contribution < -0.4 is 4.90 Å². The first-order chi connectivity index (χ1) is 8.36. The summed E-state index contributed by atoms with van der Waals surface area (Å²) in [6, 6.07) is 0. The molecular formula is C11H18N4OS. The van der Waals surface area contributed by atoms with E-state index >= 15 is 0 Å². The van der Waals surface area contributed by atoms with Gasteiger partial charge in [0.1, 0.15) is 5.82 Å². The standard InChI is InChI=1S/C11H18N4OS/c16-8-7-14-3-5-15(6-4-14)11-12-10(13-17-11)9-1-2-9/h9,16H,1-8H2. The maximum absolute atomic E-state index is 8.90. The molecule has 17 heavy (non-hydrogen) atoms. The van der Waals surface area contributed by atoms with Gasteiger partial charge in [-0.2, -0.15) is 4.37 Å². The van der Waals surface area contributed by atoms with Crippen molar-refractivity contribution in [2.75, 3.05) is 44.2 Å². The Morgan fingerprint density at radius 3 is 2.65 bits per heavy atom. The smallest absolute Gasteiger partial charge is 0.205 e. The van der Waals surface area contributed by atoms with Crippen LogP contribution in [0, 0.1) is 0 Å². The molecule has 0 atom stereocenters. The summed E-state index contributed by atoms with van der Waals surface area (Å²) in [6.07, 6.45) is 2.53. The maximum atomic E-state index is 8.90. The van der Waals surface area contributed by atoms with Crippen molar-refractivity contribution in [2.24, 2.45) is 0 Å². The van der Waals surface area contributed by atoms with Gasteiger partial charge in [0.05, 0.1) is 6.61 Å². The summed E-state index contributed by atoms with van der Waals surface area (Å²) in [5.74, 6) is 1.71. The zero-order valence-electron chi connectivity index (χ0n) is 9.88. The number of aliphatic hydroxyl groups excluding tert-OH is 1. The summed E-state index contributed by atoms with van der Waals surface area (Å²) in [4.78, 5) is 9.24. The lowest BCUT2D eigenvalue weighted by atomic mass is 10.3. The first-order valence-corrected chi connectivity index (χ1v) is 7.06. The van der Waals surface area contributed by atoms with Gasteiger partial charge in [0.25, 0.3) is 0 Å². The van der Waals surface area contributed by atoms with Crippen LogP contribution in [0.15, 0.2) is 0 Å². The minimum atomic E-state index is 0.255. The maximum Gasteiger partial charge on any atom is 0.205 e. The van der Waals surface area contributed by atoms with E-state index in [0.717, 1.165) is 43.7 Å². The molecule has 1 aliphatic carbocycles. The van der Waals surface area contributed by atoms with E-state index in [1.165, 1.54) is 24.4 Å². The predicted molar refractivity (Wildman–Crippen MR) is 67.6 cm³/mol. The van der Waals surface area contributed by atoms with E-state index in [2.05, 4.69) is 19.2 Å². The second-order valence-corrected chi connectivity index (χ2v) is 5.49. The number of aliphatic hydroxyl groups is 1. The van der Waals surface area contributed by atoms with Crippen molar-refractivity contribution in [3.8, 4) is 0 Å². The Balaban J connectivity index is 1.57. The molecule has 0 aromatic carbocycles. The normalized spacial score (nSPS) is 22.1. The third-order valence-electron chi connectivity index (χ3n) is 3.43. The highest BCUT2D eigenvalue weighted by atomic mass is 32.1. The van der Waals surface area contributed by atoms with Crippen molar-refractivity contribution >= 4 is 16.7 Å². The van der Waals surface area contributed by atoms with Crippen molar-refractivity contribution in [1.29, 1.82) is 0 Å². The van der Waals surface area contributed by atoms with Gasteiger partial charge in [-0.15, -0.1) is 0 Å². The molecule has 2 fully saturated rings. The fourth-order valence-corrected chi connectivity index (χ4v) is 2.96. The average Bonchev–Trinajstić information content (AvgIpc) is 3.09. The van der Waals surface area contributed by atoms with Crippen molar-refractivity contribution in [3.05, 3.63) is 5.82 Å². The van der Waals surface area contributed by atoms with Crippen LogP contribution in [0.4, 0.5) is 5.13 Å². The molecule has 94 valence electrons.